The normalized spacial score (nSPS) is 10.6. The molecule has 0 saturated carbocycles. The first kappa shape index (κ1) is 15.9. The van der Waals surface area contributed by atoms with Gasteiger partial charge in [-0.25, -0.2) is 4.98 Å². The number of aromatic nitrogens is 2. The Morgan fingerprint density at radius 3 is 2.86 bits per heavy atom. The van der Waals surface area contributed by atoms with Gasteiger partial charge in [-0.15, -0.1) is 11.8 Å². The molecule has 112 valence electrons. The molecule has 0 aromatic carbocycles. The van der Waals surface area contributed by atoms with Gasteiger partial charge in [0.2, 0.25) is 0 Å². The van der Waals surface area contributed by atoms with Crippen LogP contribution in [0.15, 0.2) is 22.9 Å². The Labute approximate surface area is 132 Å². The van der Waals surface area contributed by atoms with Crippen molar-refractivity contribution in [1.82, 2.24) is 10.1 Å². The van der Waals surface area contributed by atoms with Crippen molar-refractivity contribution in [1.29, 1.82) is 0 Å². The standard InChI is InChI=1S/C14H15ClN2O3S/c1-9-12(10(2)20-17-9)7-21-8-14(18)19-6-11-3-4-13(15)16-5-11/h3-5H,6-8H2,1-2H3. The van der Waals surface area contributed by atoms with Crippen LogP contribution in [0.3, 0.4) is 0 Å². The zero-order chi connectivity index (χ0) is 15.2. The van der Waals surface area contributed by atoms with E-state index in [-0.39, 0.29) is 18.3 Å². The van der Waals surface area contributed by atoms with Gasteiger partial charge in [-0.2, -0.15) is 0 Å². The SMILES string of the molecule is Cc1noc(C)c1CSCC(=O)OCc1ccc(Cl)nc1. The Balaban J connectivity index is 1.71. The van der Waals surface area contributed by atoms with Gasteiger partial charge in [0.15, 0.2) is 0 Å². The number of esters is 1. The van der Waals surface area contributed by atoms with Crippen molar-refractivity contribution in [3.05, 3.63) is 46.1 Å². The van der Waals surface area contributed by atoms with Crippen LogP contribution in [-0.4, -0.2) is 21.9 Å². The highest BCUT2D eigenvalue weighted by Gasteiger charge is 2.10. The van der Waals surface area contributed by atoms with Crippen LogP contribution in [0.5, 0.6) is 0 Å². The number of hydrogen-bond donors (Lipinski definition) is 0. The van der Waals surface area contributed by atoms with E-state index in [0.29, 0.717) is 10.9 Å². The first-order chi connectivity index (χ1) is 10.1. The number of nitrogens with zero attached hydrogens (tertiary/aromatic N) is 2. The molecule has 0 aliphatic carbocycles. The number of aryl methyl sites for hydroxylation is 2. The molecule has 0 bridgehead atoms. The molecule has 0 amide bonds. The molecular formula is C14H15ClN2O3S. The van der Waals surface area contributed by atoms with Crippen molar-refractivity contribution in [3.8, 4) is 0 Å². The highest BCUT2D eigenvalue weighted by atomic mass is 35.5. The summed E-state index contributed by atoms with van der Waals surface area (Å²) in [6.07, 6.45) is 1.59. The molecule has 0 spiro atoms. The second-order valence-corrected chi connectivity index (χ2v) is 5.82. The Bertz CT molecular complexity index is 594. The molecule has 0 saturated heterocycles. The van der Waals surface area contributed by atoms with E-state index in [4.69, 9.17) is 20.9 Å². The highest BCUT2D eigenvalue weighted by Crippen LogP contribution is 2.19. The first-order valence-corrected chi connectivity index (χ1v) is 7.85. The van der Waals surface area contributed by atoms with E-state index in [9.17, 15) is 4.79 Å². The molecule has 2 aromatic rings. The lowest BCUT2D eigenvalue weighted by atomic mass is 10.2. The summed E-state index contributed by atoms with van der Waals surface area (Å²) >= 11 is 7.16. The third-order valence-corrected chi connectivity index (χ3v) is 3.99. The summed E-state index contributed by atoms with van der Waals surface area (Å²) in [4.78, 5) is 15.6. The second-order valence-electron chi connectivity index (χ2n) is 4.45. The lowest BCUT2D eigenvalue weighted by Crippen LogP contribution is -2.07. The van der Waals surface area contributed by atoms with Crippen molar-refractivity contribution in [2.24, 2.45) is 0 Å². The second kappa shape index (κ2) is 7.47. The van der Waals surface area contributed by atoms with E-state index >= 15 is 0 Å². The highest BCUT2D eigenvalue weighted by molar-refractivity contribution is 7.99. The maximum atomic E-state index is 11.7. The molecule has 0 radical (unpaired) electrons. The molecule has 21 heavy (non-hydrogen) atoms. The van der Waals surface area contributed by atoms with Crippen molar-refractivity contribution >= 4 is 29.3 Å². The van der Waals surface area contributed by atoms with E-state index in [2.05, 4.69) is 10.1 Å². The zero-order valence-electron chi connectivity index (χ0n) is 11.8. The predicted octanol–water partition coefficient (Wildman–Crippen LogP) is 3.32. The van der Waals surface area contributed by atoms with Gasteiger partial charge in [0.25, 0.3) is 0 Å². The summed E-state index contributed by atoms with van der Waals surface area (Å²) in [6, 6.07) is 3.44. The third kappa shape index (κ3) is 4.75. The molecular weight excluding hydrogens is 312 g/mol. The Kier molecular flexibility index (Phi) is 5.64. The Morgan fingerprint density at radius 1 is 1.43 bits per heavy atom. The van der Waals surface area contributed by atoms with E-state index in [1.807, 2.05) is 13.8 Å². The summed E-state index contributed by atoms with van der Waals surface area (Å²) in [6.45, 7) is 3.95. The topological polar surface area (TPSA) is 65.2 Å². The number of rotatable bonds is 6. The molecule has 0 aliphatic rings. The number of carbonyl (C=O) groups excluding carboxylic acids is 1. The number of carbonyl (C=O) groups is 1. The van der Waals surface area contributed by atoms with Crippen molar-refractivity contribution in [3.63, 3.8) is 0 Å². The summed E-state index contributed by atoms with van der Waals surface area (Å²) < 4.78 is 10.2. The van der Waals surface area contributed by atoms with Gasteiger partial charge in [-0.3, -0.25) is 4.79 Å². The first-order valence-electron chi connectivity index (χ1n) is 6.32. The minimum absolute atomic E-state index is 0.203. The van der Waals surface area contributed by atoms with Gasteiger partial charge < -0.3 is 9.26 Å². The summed E-state index contributed by atoms with van der Waals surface area (Å²) in [5.41, 5.74) is 2.71. The van der Waals surface area contributed by atoms with Crippen molar-refractivity contribution < 1.29 is 14.1 Å². The minimum Gasteiger partial charge on any atom is -0.460 e. The van der Waals surface area contributed by atoms with Crippen LogP contribution in [0, 0.1) is 13.8 Å². The fourth-order valence-electron chi connectivity index (χ4n) is 1.64. The number of ether oxygens (including phenoxy) is 1. The van der Waals surface area contributed by atoms with Crippen LogP contribution in [-0.2, 0) is 21.9 Å². The fraction of sp³-hybridized carbons (Fsp3) is 0.357. The van der Waals surface area contributed by atoms with E-state index in [0.717, 1.165) is 22.6 Å². The lowest BCUT2D eigenvalue weighted by Gasteiger charge is -2.05. The quantitative estimate of drug-likeness (QED) is 0.599. The lowest BCUT2D eigenvalue weighted by molar-refractivity contribution is -0.141. The van der Waals surface area contributed by atoms with Gasteiger partial charge in [0, 0.05) is 23.1 Å². The van der Waals surface area contributed by atoms with Gasteiger partial charge in [0.1, 0.15) is 17.5 Å². The van der Waals surface area contributed by atoms with Crippen LogP contribution in [0.25, 0.3) is 0 Å². The Hall–Kier alpha value is -1.53. The van der Waals surface area contributed by atoms with Crippen molar-refractivity contribution in [2.45, 2.75) is 26.2 Å². The van der Waals surface area contributed by atoms with Gasteiger partial charge >= 0.3 is 5.97 Å². The molecule has 0 fully saturated rings. The summed E-state index contributed by atoms with van der Waals surface area (Å²) in [5, 5.41) is 4.29. The van der Waals surface area contributed by atoms with E-state index in [1.54, 1.807) is 18.3 Å². The number of pyridine rings is 1. The van der Waals surface area contributed by atoms with Crippen LogP contribution in [0.2, 0.25) is 5.15 Å². The number of thioether (sulfide) groups is 1. The monoisotopic (exact) mass is 326 g/mol. The molecule has 0 aliphatic heterocycles. The number of hydrogen-bond acceptors (Lipinski definition) is 6. The smallest absolute Gasteiger partial charge is 0.316 e. The number of halogens is 1. The average Bonchev–Trinajstić information content (AvgIpc) is 2.78. The Morgan fingerprint density at radius 2 is 2.24 bits per heavy atom. The molecule has 2 heterocycles. The zero-order valence-corrected chi connectivity index (χ0v) is 13.3. The molecule has 0 N–H and O–H groups in total. The third-order valence-electron chi connectivity index (χ3n) is 2.84. The van der Waals surface area contributed by atoms with Crippen molar-refractivity contribution in [2.75, 3.05) is 5.75 Å². The molecule has 0 atom stereocenters. The van der Waals surface area contributed by atoms with Crippen LogP contribution in [0.4, 0.5) is 0 Å². The molecule has 2 aromatic heterocycles. The minimum atomic E-state index is -0.262. The van der Waals surface area contributed by atoms with Crippen LogP contribution in [0.1, 0.15) is 22.6 Å². The maximum absolute atomic E-state index is 11.7. The van der Waals surface area contributed by atoms with Gasteiger partial charge in [0.05, 0.1) is 11.4 Å². The average molecular weight is 327 g/mol. The molecule has 7 heteroatoms. The van der Waals surface area contributed by atoms with E-state index < -0.39 is 0 Å². The fourth-order valence-corrected chi connectivity index (χ4v) is 2.72. The maximum Gasteiger partial charge on any atom is 0.316 e. The van der Waals surface area contributed by atoms with E-state index in [1.165, 1.54) is 11.8 Å². The summed E-state index contributed by atoms with van der Waals surface area (Å²) in [7, 11) is 0. The van der Waals surface area contributed by atoms with Crippen LogP contribution >= 0.6 is 23.4 Å². The van der Waals surface area contributed by atoms with Crippen LogP contribution < -0.4 is 0 Å². The molecule has 2 rings (SSSR count). The largest absolute Gasteiger partial charge is 0.460 e. The van der Waals surface area contributed by atoms with Gasteiger partial charge in [-0.1, -0.05) is 22.8 Å². The predicted molar refractivity (Wildman–Crippen MR) is 81.2 cm³/mol. The van der Waals surface area contributed by atoms with Gasteiger partial charge in [-0.05, 0) is 19.9 Å². The molecule has 0 unspecified atom stereocenters. The summed E-state index contributed by atoms with van der Waals surface area (Å²) in [5.74, 6) is 1.49. The molecule has 5 nitrogen and oxygen atoms in total.